The first-order valence-corrected chi connectivity index (χ1v) is 11.4. The van der Waals surface area contributed by atoms with Crippen LogP contribution < -0.4 is 5.32 Å². The average Bonchev–Trinajstić information content (AvgIpc) is 3.19. The van der Waals surface area contributed by atoms with Gasteiger partial charge in [-0.1, -0.05) is 30.0 Å². The van der Waals surface area contributed by atoms with Crippen molar-refractivity contribution in [3.63, 3.8) is 0 Å². The van der Waals surface area contributed by atoms with Gasteiger partial charge < -0.3 is 5.32 Å². The van der Waals surface area contributed by atoms with Gasteiger partial charge in [0.05, 0.1) is 11.4 Å². The highest BCUT2D eigenvalue weighted by Gasteiger charge is 2.21. The molecule has 1 N–H and O–H groups in total. The third-order valence-electron chi connectivity index (χ3n) is 4.69. The van der Waals surface area contributed by atoms with E-state index in [9.17, 15) is 13.6 Å². The van der Waals surface area contributed by atoms with E-state index in [0.29, 0.717) is 5.56 Å². The lowest BCUT2D eigenvalue weighted by Crippen LogP contribution is -2.25. The fourth-order valence-electron chi connectivity index (χ4n) is 3.20. The lowest BCUT2D eigenvalue weighted by Gasteiger charge is -2.11. The summed E-state index contributed by atoms with van der Waals surface area (Å²) in [6.07, 6.45) is -0.0214. The van der Waals surface area contributed by atoms with Crippen LogP contribution >= 0.6 is 23.1 Å². The zero-order valence-electron chi connectivity index (χ0n) is 16.3. The molecule has 1 aromatic heterocycles. The Labute approximate surface area is 182 Å². The second kappa shape index (κ2) is 8.70. The van der Waals surface area contributed by atoms with E-state index in [1.165, 1.54) is 0 Å². The highest BCUT2D eigenvalue weighted by molar-refractivity contribution is 7.99. The molecule has 1 amide bonds. The molecule has 0 unspecified atom stereocenters. The van der Waals surface area contributed by atoms with E-state index in [4.69, 9.17) is 4.99 Å². The molecular weight excluding hydrogens is 422 g/mol. The van der Waals surface area contributed by atoms with Gasteiger partial charge in [-0.05, 0) is 49.1 Å². The SMILES string of the molecule is CC(F)(F)CCCNC(=O)c1ccc2c(c1)N=C(c1ccsc1)c1ccccc1S2. The van der Waals surface area contributed by atoms with Gasteiger partial charge >= 0.3 is 0 Å². The van der Waals surface area contributed by atoms with Crippen LogP contribution in [0.3, 0.4) is 0 Å². The first-order valence-electron chi connectivity index (χ1n) is 9.59. The summed E-state index contributed by atoms with van der Waals surface area (Å²) in [4.78, 5) is 19.5. The maximum atomic E-state index is 12.9. The van der Waals surface area contributed by atoms with Crippen molar-refractivity contribution in [3.8, 4) is 0 Å². The summed E-state index contributed by atoms with van der Waals surface area (Å²) >= 11 is 3.23. The number of fused-ring (bicyclic) bond motifs is 2. The molecule has 0 fully saturated rings. The van der Waals surface area contributed by atoms with Gasteiger partial charge in [0.2, 0.25) is 5.92 Å². The average molecular weight is 443 g/mol. The fourth-order valence-corrected chi connectivity index (χ4v) is 4.85. The number of carbonyl (C=O) groups is 1. The standard InChI is InChI=1S/C23H20F2N2OS2/c1-23(24,25)10-4-11-26-22(28)15-7-8-20-18(13-15)27-21(16-9-12-29-14-16)17-5-2-3-6-19(17)30-20/h2-3,5-9,12-14H,4,10-11H2,1H3,(H,26,28). The van der Waals surface area contributed by atoms with E-state index in [1.54, 1.807) is 35.2 Å². The van der Waals surface area contributed by atoms with Crippen molar-refractivity contribution < 1.29 is 13.6 Å². The quantitative estimate of drug-likeness (QED) is 0.344. The Morgan fingerprint density at radius 2 is 1.97 bits per heavy atom. The number of thiophene rings is 1. The number of aliphatic imine (C=N–C) groups is 1. The summed E-state index contributed by atoms with van der Waals surface area (Å²) < 4.78 is 25.9. The van der Waals surface area contributed by atoms with Crippen LogP contribution in [0.4, 0.5) is 14.5 Å². The number of benzene rings is 2. The number of nitrogens with zero attached hydrogens (tertiary/aromatic N) is 1. The molecule has 0 bridgehead atoms. The maximum Gasteiger partial charge on any atom is 0.251 e. The molecule has 2 heterocycles. The maximum absolute atomic E-state index is 12.9. The zero-order chi connectivity index (χ0) is 21.1. The van der Waals surface area contributed by atoms with Gasteiger partial charge in [0, 0.05) is 44.8 Å². The molecule has 1 aliphatic heterocycles. The lowest BCUT2D eigenvalue weighted by atomic mass is 10.0. The Hall–Kier alpha value is -2.51. The molecule has 0 atom stereocenters. The minimum Gasteiger partial charge on any atom is -0.352 e. The van der Waals surface area contributed by atoms with E-state index in [1.807, 2.05) is 29.6 Å². The van der Waals surface area contributed by atoms with Gasteiger partial charge in [-0.25, -0.2) is 13.8 Å². The van der Waals surface area contributed by atoms with E-state index in [0.717, 1.165) is 39.2 Å². The molecule has 7 heteroatoms. The predicted octanol–water partition coefficient (Wildman–Crippen LogP) is 6.55. The number of alkyl halides is 2. The van der Waals surface area contributed by atoms with Crippen LogP contribution in [0.5, 0.6) is 0 Å². The molecule has 4 rings (SSSR count). The smallest absolute Gasteiger partial charge is 0.251 e. The number of amides is 1. The van der Waals surface area contributed by atoms with E-state index < -0.39 is 5.92 Å². The Kier molecular flexibility index (Phi) is 6.01. The minimum atomic E-state index is -2.71. The number of nitrogens with one attached hydrogen (secondary N) is 1. The number of carbonyl (C=O) groups excluding carboxylic acids is 1. The first kappa shape index (κ1) is 20.8. The molecule has 0 saturated carbocycles. The molecule has 1 aliphatic rings. The van der Waals surface area contributed by atoms with Gasteiger partial charge in [0.1, 0.15) is 0 Å². The van der Waals surface area contributed by atoms with Crippen molar-refractivity contribution in [1.82, 2.24) is 5.32 Å². The molecule has 0 radical (unpaired) electrons. The summed E-state index contributed by atoms with van der Waals surface area (Å²) in [6.45, 7) is 1.10. The van der Waals surface area contributed by atoms with Gasteiger partial charge in [0.15, 0.2) is 0 Å². The second-order valence-corrected chi connectivity index (χ2v) is 9.05. The minimum absolute atomic E-state index is 0.211. The zero-order valence-corrected chi connectivity index (χ0v) is 18.0. The van der Waals surface area contributed by atoms with E-state index in [2.05, 4.69) is 22.8 Å². The molecular formula is C23H20F2N2OS2. The van der Waals surface area contributed by atoms with E-state index in [-0.39, 0.29) is 25.3 Å². The largest absolute Gasteiger partial charge is 0.352 e. The highest BCUT2D eigenvalue weighted by atomic mass is 32.2. The summed E-state index contributed by atoms with van der Waals surface area (Å²) in [5.74, 6) is -3.00. The monoisotopic (exact) mass is 442 g/mol. The van der Waals surface area contributed by atoms with Crippen molar-refractivity contribution in [2.45, 2.75) is 35.5 Å². The molecule has 154 valence electrons. The van der Waals surface area contributed by atoms with Crippen molar-refractivity contribution in [2.24, 2.45) is 4.99 Å². The number of rotatable bonds is 6. The van der Waals surface area contributed by atoms with Crippen molar-refractivity contribution in [2.75, 3.05) is 6.54 Å². The van der Waals surface area contributed by atoms with Crippen molar-refractivity contribution in [3.05, 3.63) is 76.0 Å². The molecule has 30 heavy (non-hydrogen) atoms. The molecule has 0 spiro atoms. The molecule has 0 saturated heterocycles. The third kappa shape index (κ3) is 4.79. The van der Waals surface area contributed by atoms with Crippen LogP contribution in [-0.4, -0.2) is 24.1 Å². The Morgan fingerprint density at radius 1 is 1.13 bits per heavy atom. The highest BCUT2D eigenvalue weighted by Crippen LogP contribution is 2.41. The molecule has 2 aromatic carbocycles. The fraction of sp³-hybridized carbons (Fsp3) is 0.217. The number of hydrogen-bond donors (Lipinski definition) is 1. The Balaban J connectivity index is 1.61. The van der Waals surface area contributed by atoms with Crippen LogP contribution in [-0.2, 0) is 0 Å². The summed E-state index contributed by atoms with van der Waals surface area (Å²) in [7, 11) is 0. The predicted molar refractivity (Wildman–Crippen MR) is 119 cm³/mol. The summed E-state index contributed by atoms with van der Waals surface area (Å²) in [5.41, 5.74) is 4.17. The van der Waals surface area contributed by atoms with Crippen LogP contribution in [0.15, 0.2) is 74.1 Å². The van der Waals surface area contributed by atoms with E-state index >= 15 is 0 Å². The number of hydrogen-bond acceptors (Lipinski definition) is 4. The normalized spacial score (nSPS) is 13.1. The van der Waals surface area contributed by atoms with Crippen LogP contribution in [0.1, 0.15) is 41.3 Å². The van der Waals surface area contributed by atoms with Crippen molar-refractivity contribution in [1.29, 1.82) is 0 Å². The molecule has 0 aliphatic carbocycles. The molecule has 3 aromatic rings. The van der Waals surface area contributed by atoms with Crippen LogP contribution in [0.25, 0.3) is 0 Å². The first-order chi connectivity index (χ1) is 14.4. The van der Waals surface area contributed by atoms with Gasteiger partial charge in [-0.3, -0.25) is 4.79 Å². The molecule has 3 nitrogen and oxygen atoms in total. The Morgan fingerprint density at radius 3 is 2.73 bits per heavy atom. The second-order valence-electron chi connectivity index (χ2n) is 7.18. The van der Waals surface area contributed by atoms with Crippen LogP contribution in [0.2, 0.25) is 0 Å². The summed E-state index contributed by atoms with van der Waals surface area (Å²) in [6, 6.07) is 15.6. The van der Waals surface area contributed by atoms with Crippen molar-refractivity contribution >= 4 is 40.4 Å². The van der Waals surface area contributed by atoms with Crippen LogP contribution in [0, 0.1) is 0 Å². The Bertz CT molecular complexity index is 1090. The number of halogens is 2. The van der Waals surface area contributed by atoms with Gasteiger partial charge in [-0.2, -0.15) is 11.3 Å². The topological polar surface area (TPSA) is 41.5 Å². The van der Waals surface area contributed by atoms with Gasteiger partial charge in [0.25, 0.3) is 5.91 Å². The van der Waals surface area contributed by atoms with Gasteiger partial charge in [-0.15, -0.1) is 0 Å². The summed E-state index contributed by atoms with van der Waals surface area (Å²) in [5, 5.41) is 6.80. The third-order valence-corrected chi connectivity index (χ3v) is 6.51. The lowest BCUT2D eigenvalue weighted by molar-refractivity contribution is 0.0110.